The van der Waals surface area contributed by atoms with Crippen LogP contribution in [-0.2, 0) is 0 Å². The normalized spacial score (nSPS) is 25.9. The number of hydrogen-bond donors (Lipinski definition) is 1. The van der Waals surface area contributed by atoms with E-state index in [0.29, 0.717) is 11.9 Å². The molecule has 2 fully saturated rings. The van der Waals surface area contributed by atoms with Crippen LogP contribution in [0.15, 0.2) is 24.3 Å². The van der Waals surface area contributed by atoms with E-state index in [4.69, 9.17) is 10.7 Å². The fraction of sp³-hybridized carbons (Fsp3) is 0.500. The third-order valence-electron chi connectivity index (χ3n) is 4.84. The molecule has 1 saturated carbocycles. The smallest absolute Gasteiger partial charge is 0.172 e. The number of benzene rings is 1. The van der Waals surface area contributed by atoms with E-state index in [9.17, 15) is 0 Å². The first-order valence-electron chi connectivity index (χ1n) is 7.62. The Hall–Kier alpha value is -1.84. The number of aromatic nitrogens is 2. The highest BCUT2D eigenvalue weighted by Gasteiger charge is 2.36. The molecule has 2 aliphatic rings. The predicted octanol–water partition coefficient (Wildman–Crippen LogP) is 2.98. The number of anilines is 2. The van der Waals surface area contributed by atoms with Crippen molar-refractivity contribution >= 4 is 22.7 Å². The minimum Gasteiger partial charge on any atom is -0.381 e. The van der Waals surface area contributed by atoms with E-state index >= 15 is 0 Å². The first kappa shape index (κ1) is 11.9. The molecule has 1 aliphatic carbocycles. The molecule has 0 spiro atoms. The van der Waals surface area contributed by atoms with Crippen molar-refractivity contribution < 1.29 is 0 Å². The van der Waals surface area contributed by atoms with Crippen LogP contribution >= 0.6 is 0 Å². The monoisotopic (exact) mass is 268 g/mol. The summed E-state index contributed by atoms with van der Waals surface area (Å²) in [5.74, 6) is 2.31. The molecule has 4 nitrogen and oxygen atoms in total. The van der Waals surface area contributed by atoms with Gasteiger partial charge in [-0.1, -0.05) is 18.6 Å². The second kappa shape index (κ2) is 4.62. The summed E-state index contributed by atoms with van der Waals surface area (Å²) in [6.07, 6.45) is 6.59. The lowest BCUT2D eigenvalue weighted by molar-refractivity contribution is 0.361. The van der Waals surface area contributed by atoms with Crippen molar-refractivity contribution in [2.45, 2.75) is 38.1 Å². The van der Waals surface area contributed by atoms with Gasteiger partial charge in [-0.25, -0.2) is 9.97 Å². The van der Waals surface area contributed by atoms with E-state index in [2.05, 4.69) is 9.88 Å². The van der Waals surface area contributed by atoms with Crippen molar-refractivity contribution in [1.29, 1.82) is 0 Å². The predicted molar refractivity (Wildman–Crippen MR) is 81.7 cm³/mol. The average Bonchev–Trinajstić information content (AvgIpc) is 2.95. The minimum atomic E-state index is 0.580. The van der Waals surface area contributed by atoms with Gasteiger partial charge in [-0.15, -0.1) is 0 Å². The average molecular weight is 268 g/mol. The molecule has 2 atom stereocenters. The first-order chi connectivity index (χ1) is 9.83. The number of fused-ring (bicyclic) bond motifs is 2. The van der Waals surface area contributed by atoms with Crippen molar-refractivity contribution in [2.24, 2.45) is 5.92 Å². The van der Waals surface area contributed by atoms with Crippen LogP contribution in [0, 0.1) is 5.92 Å². The molecule has 0 amide bonds. The molecular formula is C16H20N4. The SMILES string of the molecule is Nc1nc2ccccc2nc1N1CCCC2CCCC21. The number of piperidine rings is 1. The van der Waals surface area contributed by atoms with Gasteiger partial charge in [0.25, 0.3) is 0 Å². The van der Waals surface area contributed by atoms with Crippen molar-refractivity contribution in [3.8, 4) is 0 Å². The van der Waals surface area contributed by atoms with E-state index in [1.165, 1.54) is 32.1 Å². The van der Waals surface area contributed by atoms with Gasteiger partial charge in [0.1, 0.15) is 0 Å². The zero-order valence-electron chi connectivity index (χ0n) is 11.6. The maximum absolute atomic E-state index is 6.18. The summed E-state index contributed by atoms with van der Waals surface area (Å²) >= 11 is 0. The van der Waals surface area contributed by atoms with Crippen LogP contribution in [0.25, 0.3) is 11.0 Å². The molecule has 4 rings (SSSR count). The maximum Gasteiger partial charge on any atom is 0.172 e. The number of nitrogens with two attached hydrogens (primary N) is 1. The second-order valence-electron chi connectivity index (χ2n) is 6.02. The highest BCUT2D eigenvalue weighted by atomic mass is 15.2. The summed E-state index contributed by atoms with van der Waals surface area (Å²) in [5, 5.41) is 0. The maximum atomic E-state index is 6.18. The van der Waals surface area contributed by atoms with Gasteiger partial charge in [0.15, 0.2) is 11.6 Å². The molecule has 1 aliphatic heterocycles. The highest BCUT2D eigenvalue weighted by molar-refractivity contribution is 5.79. The molecule has 20 heavy (non-hydrogen) atoms. The van der Waals surface area contributed by atoms with Crippen molar-refractivity contribution in [3.05, 3.63) is 24.3 Å². The Morgan fingerprint density at radius 1 is 1.00 bits per heavy atom. The summed E-state index contributed by atoms with van der Waals surface area (Å²) < 4.78 is 0. The third kappa shape index (κ3) is 1.82. The van der Waals surface area contributed by atoms with E-state index in [1.807, 2.05) is 24.3 Å². The van der Waals surface area contributed by atoms with Gasteiger partial charge in [-0.2, -0.15) is 0 Å². The molecule has 4 heteroatoms. The van der Waals surface area contributed by atoms with E-state index in [0.717, 1.165) is 29.3 Å². The summed E-state index contributed by atoms with van der Waals surface area (Å²) in [7, 11) is 0. The molecule has 2 unspecified atom stereocenters. The zero-order chi connectivity index (χ0) is 13.5. The number of para-hydroxylation sites is 2. The molecule has 1 aromatic heterocycles. The van der Waals surface area contributed by atoms with Crippen LogP contribution in [0.5, 0.6) is 0 Å². The lowest BCUT2D eigenvalue weighted by Gasteiger charge is -2.38. The summed E-state index contributed by atoms with van der Waals surface area (Å²) in [6.45, 7) is 1.07. The molecule has 2 N–H and O–H groups in total. The van der Waals surface area contributed by atoms with Gasteiger partial charge in [-0.05, 0) is 43.7 Å². The molecule has 0 bridgehead atoms. The topological polar surface area (TPSA) is 55.0 Å². The van der Waals surface area contributed by atoms with Gasteiger partial charge in [0.05, 0.1) is 11.0 Å². The Kier molecular flexibility index (Phi) is 2.76. The van der Waals surface area contributed by atoms with Crippen molar-refractivity contribution in [3.63, 3.8) is 0 Å². The van der Waals surface area contributed by atoms with E-state index in [1.54, 1.807) is 0 Å². The van der Waals surface area contributed by atoms with Crippen LogP contribution in [0.4, 0.5) is 11.6 Å². The Labute approximate surface area is 119 Å². The van der Waals surface area contributed by atoms with Crippen molar-refractivity contribution in [2.75, 3.05) is 17.2 Å². The first-order valence-corrected chi connectivity index (χ1v) is 7.62. The molecular weight excluding hydrogens is 248 g/mol. The molecule has 1 aromatic carbocycles. The summed E-state index contributed by atoms with van der Waals surface area (Å²) in [5.41, 5.74) is 8.01. The molecule has 104 valence electrons. The molecule has 2 aromatic rings. The lowest BCUT2D eigenvalue weighted by Crippen LogP contribution is -2.43. The largest absolute Gasteiger partial charge is 0.381 e. The Balaban J connectivity index is 1.78. The quantitative estimate of drug-likeness (QED) is 0.864. The Morgan fingerprint density at radius 3 is 2.60 bits per heavy atom. The van der Waals surface area contributed by atoms with Gasteiger partial charge in [0.2, 0.25) is 0 Å². The van der Waals surface area contributed by atoms with Gasteiger partial charge in [-0.3, -0.25) is 0 Å². The number of nitrogen functional groups attached to an aromatic ring is 1. The zero-order valence-corrected chi connectivity index (χ0v) is 11.6. The fourth-order valence-electron chi connectivity index (χ4n) is 3.93. The Morgan fingerprint density at radius 2 is 1.75 bits per heavy atom. The van der Waals surface area contributed by atoms with Crippen LogP contribution in [0.1, 0.15) is 32.1 Å². The van der Waals surface area contributed by atoms with Crippen LogP contribution in [0.3, 0.4) is 0 Å². The lowest BCUT2D eigenvalue weighted by atomic mass is 9.92. The van der Waals surface area contributed by atoms with Crippen LogP contribution in [0.2, 0.25) is 0 Å². The minimum absolute atomic E-state index is 0.580. The Bertz CT molecular complexity index is 639. The fourth-order valence-corrected chi connectivity index (χ4v) is 3.93. The number of nitrogens with zero attached hydrogens (tertiary/aromatic N) is 3. The second-order valence-corrected chi connectivity index (χ2v) is 6.02. The van der Waals surface area contributed by atoms with Crippen LogP contribution in [-0.4, -0.2) is 22.6 Å². The highest BCUT2D eigenvalue weighted by Crippen LogP contribution is 2.39. The van der Waals surface area contributed by atoms with Crippen LogP contribution < -0.4 is 10.6 Å². The van der Waals surface area contributed by atoms with Gasteiger partial charge < -0.3 is 10.6 Å². The van der Waals surface area contributed by atoms with Crippen molar-refractivity contribution in [1.82, 2.24) is 9.97 Å². The summed E-state index contributed by atoms with van der Waals surface area (Å²) in [4.78, 5) is 11.8. The molecule has 1 saturated heterocycles. The molecule has 2 heterocycles. The van der Waals surface area contributed by atoms with Gasteiger partial charge >= 0.3 is 0 Å². The number of rotatable bonds is 1. The summed E-state index contributed by atoms with van der Waals surface area (Å²) in [6, 6.07) is 8.59. The standard InChI is InChI=1S/C16H20N4/c17-15-16(19-13-8-2-1-7-12(13)18-15)20-10-4-6-11-5-3-9-14(11)20/h1-2,7-8,11,14H,3-6,9-10H2,(H2,17,18). The number of hydrogen-bond acceptors (Lipinski definition) is 4. The molecule has 0 radical (unpaired) electrons. The van der Waals surface area contributed by atoms with E-state index in [-0.39, 0.29) is 0 Å². The van der Waals surface area contributed by atoms with E-state index < -0.39 is 0 Å². The van der Waals surface area contributed by atoms with Gasteiger partial charge in [0, 0.05) is 12.6 Å². The third-order valence-corrected chi connectivity index (χ3v) is 4.84.